The quantitative estimate of drug-likeness (QED) is 0.420. The topological polar surface area (TPSA) is 34.1 Å². The Morgan fingerprint density at radius 3 is 1.44 bits per heavy atom. The molecule has 0 aliphatic carbocycles. The van der Waals surface area contributed by atoms with E-state index in [1.165, 1.54) is 0 Å². The van der Waals surface area contributed by atoms with Crippen molar-refractivity contribution in [2.75, 3.05) is 0 Å². The van der Waals surface area contributed by atoms with Gasteiger partial charge in [-0.25, -0.2) is 0 Å². The smallest absolute Gasteiger partial charge is 0.126 e. The average molecular weight is 224 g/mol. The van der Waals surface area contributed by atoms with Crippen LogP contribution in [0.2, 0.25) is 0 Å². The number of unbranched alkanes of at least 4 members (excludes halogenated alkanes) is 2. The highest BCUT2D eigenvalue weighted by molar-refractivity contribution is 5.59. The molecular formula is C14H24O2. The molecule has 0 bridgehead atoms. The van der Waals surface area contributed by atoms with Crippen molar-refractivity contribution >= 4 is 12.6 Å². The van der Waals surface area contributed by atoms with E-state index in [9.17, 15) is 9.59 Å². The Hall–Kier alpha value is -0.920. The van der Waals surface area contributed by atoms with E-state index in [1.807, 2.05) is 12.2 Å². The molecule has 0 aromatic rings. The van der Waals surface area contributed by atoms with Crippen LogP contribution in [0.3, 0.4) is 0 Å². The maximum Gasteiger partial charge on any atom is 0.126 e. The SMILES string of the molecule is CCCCC(C=O)/C=C/C(C=O)CCCC. The van der Waals surface area contributed by atoms with Crippen molar-refractivity contribution < 1.29 is 9.59 Å². The lowest BCUT2D eigenvalue weighted by Crippen LogP contribution is -2.02. The molecule has 0 heterocycles. The fraction of sp³-hybridized carbons (Fsp3) is 0.714. The van der Waals surface area contributed by atoms with Crippen LogP contribution in [0.4, 0.5) is 0 Å². The molecule has 0 radical (unpaired) electrons. The van der Waals surface area contributed by atoms with Gasteiger partial charge in [0, 0.05) is 11.8 Å². The average Bonchev–Trinajstić information content (AvgIpc) is 2.33. The van der Waals surface area contributed by atoms with Crippen LogP contribution >= 0.6 is 0 Å². The number of carbonyl (C=O) groups is 2. The van der Waals surface area contributed by atoms with Gasteiger partial charge in [-0.15, -0.1) is 0 Å². The summed E-state index contributed by atoms with van der Waals surface area (Å²) in [5.41, 5.74) is 0. The molecule has 92 valence electrons. The second-order valence-corrected chi connectivity index (χ2v) is 4.27. The van der Waals surface area contributed by atoms with Crippen LogP contribution in [0.25, 0.3) is 0 Å². The molecule has 2 heteroatoms. The molecule has 0 spiro atoms. The number of hydrogen-bond donors (Lipinski definition) is 0. The van der Waals surface area contributed by atoms with E-state index in [1.54, 1.807) is 0 Å². The van der Waals surface area contributed by atoms with Crippen LogP contribution in [-0.2, 0) is 9.59 Å². The number of hydrogen-bond acceptors (Lipinski definition) is 2. The summed E-state index contributed by atoms with van der Waals surface area (Å²) in [6.07, 6.45) is 11.9. The summed E-state index contributed by atoms with van der Waals surface area (Å²) in [7, 11) is 0. The zero-order valence-corrected chi connectivity index (χ0v) is 10.5. The van der Waals surface area contributed by atoms with Gasteiger partial charge in [-0.3, -0.25) is 0 Å². The summed E-state index contributed by atoms with van der Waals surface area (Å²) < 4.78 is 0. The first kappa shape index (κ1) is 15.1. The molecule has 0 rings (SSSR count). The monoisotopic (exact) mass is 224 g/mol. The lowest BCUT2D eigenvalue weighted by Gasteiger charge is -2.06. The maximum absolute atomic E-state index is 10.8. The van der Waals surface area contributed by atoms with Gasteiger partial charge in [-0.2, -0.15) is 0 Å². The van der Waals surface area contributed by atoms with Crippen molar-refractivity contribution in [2.45, 2.75) is 52.4 Å². The van der Waals surface area contributed by atoms with E-state index >= 15 is 0 Å². The maximum atomic E-state index is 10.8. The molecule has 0 saturated carbocycles. The first-order valence-corrected chi connectivity index (χ1v) is 6.37. The van der Waals surface area contributed by atoms with E-state index in [-0.39, 0.29) is 11.8 Å². The molecule has 2 nitrogen and oxygen atoms in total. The van der Waals surface area contributed by atoms with E-state index in [2.05, 4.69) is 13.8 Å². The zero-order chi connectivity index (χ0) is 12.2. The van der Waals surface area contributed by atoms with Crippen molar-refractivity contribution in [3.05, 3.63) is 12.2 Å². The Morgan fingerprint density at radius 2 is 1.19 bits per heavy atom. The third kappa shape index (κ3) is 7.38. The van der Waals surface area contributed by atoms with Crippen LogP contribution in [0, 0.1) is 11.8 Å². The molecule has 0 saturated heterocycles. The van der Waals surface area contributed by atoms with Gasteiger partial charge in [0.05, 0.1) is 0 Å². The number of carbonyl (C=O) groups excluding carboxylic acids is 2. The highest BCUT2D eigenvalue weighted by atomic mass is 16.1. The summed E-state index contributed by atoms with van der Waals surface area (Å²) >= 11 is 0. The van der Waals surface area contributed by atoms with E-state index < -0.39 is 0 Å². The third-order valence-electron chi connectivity index (χ3n) is 2.74. The molecule has 0 aliphatic heterocycles. The van der Waals surface area contributed by atoms with Gasteiger partial charge in [-0.1, -0.05) is 51.7 Å². The third-order valence-corrected chi connectivity index (χ3v) is 2.74. The molecule has 2 unspecified atom stereocenters. The Balaban J connectivity index is 4.06. The van der Waals surface area contributed by atoms with Gasteiger partial charge in [0.2, 0.25) is 0 Å². The van der Waals surface area contributed by atoms with Crippen LogP contribution in [0.15, 0.2) is 12.2 Å². The van der Waals surface area contributed by atoms with Crippen LogP contribution in [-0.4, -0.2) is 12.6 Å². The molecule has 0 amide bonds. The Kier molecular flexibility index (Phi) is 9.98. The normalized spacial score (nSPS) is 14.9. The molecule has 0 aromatic heterocycles. The summed E-state index contributed by atoms with van der Waals surface area (Å²) in [6, 6.07) is 0. The Bertz CT molecular complexity index is 187. The van der Waals surface area contributed by atoms with Crippen molar-refractivity contribution in [3.8, 4) is 0 Å². The highest BCUT2D eigenvalue weighted by Crippen LogP contribution is 2.12. The summed E-state index contributed by atoms with van der Waals surface area (Å²) in [4.78, 5) is 21.6. The second kappa shape index (κ2) is 10.6. The van der Waals surface area contributed by atoms with Gasteiger partial charge in [0.25, 0.3) is 0 Å². The molecular weight excluding hydrogens is 200 g/mol. The van der Waals surface area contributed by atoms with Gasteiger partial charge in [0.15, 0.2) is 0 Å². The van der Waals surface area contributed by atoms with Gasteiger partial charge in [0.1, 0.15) is 12.6 Å². The van der Waals surface area contributed by atoms with Gasteiger partial charge >= 0.3 is 0 Å². The Labute approximate surface area is 99.1 Å². The number of aldehydes is 2. The predicted octanol–water partition coefficient (Wildman–Crippen LogP) is 3.55. The largest absolute Gasteiger partial charge is 0.303 e. The van der Waals surface area contributed by atoms with Crippen LogP contribution < -0.4 is 0 Å². The number of rotatable bonds is 10. The minimum absolute atomic E-state index is 0.0102. The fourth-order valence-corrected chi connectivity index (χ4v) is 1.58. The van der Waals surface area contributed by atoms with Crippen molar-refractivity contribution in [3.63, 3.8) is 0 Å². The molecule has 0 fully saturated rings. The van der Waals surface area contributed by atoms with Crippen molar-refractivity contribution in [1.82, 2.24) is 0 Å². The van der Waals surface area contributed by atoms with Crippen LogP contribution in [0.5, 0.6) is 0 Å². The van der Waals surface area contributed by atoms with Crippen LogP contribution in [0.1, 0.15) is 52.4 Å². The van der Waals surface area contributed by atoms with Gasteiger partial charge < -0.3 is 9.59 Å². The van der Waals surface area contributed by atoms with Crippen molar-refractivity contribution in [2.24, 2.45) is 11.8 Å². The van der Waals surface area contributed by atoms with Crippen molar-refractivity contribution in [1.29, 1.82) is 0 Å². The standard InChI is InChI=1S/C14H24O2/c1-3-5-7-13(11-15)9-10-14(12-16)8-6-4-2/h9-14H,3-8H2,1-2H3/b10-9+. The minimum Gasteiger partial charge on any atom is -0.303 e. The molecule has 16 heavy (non-hydrogen) atoms. The minimum atomic E-state index is -0.0102. The van der Waals surface area contributed by atoms with E-state index in [4.69, 9.17) is 0 Å². The molecule has 0 N–H and O–H groups in total. The summed E-state index contributed by atoms with van der Waals surface area (Å²) in [6.45, 7) is 4.22. The lowest BCUT2D eigenvalue weighted by molar-refractivity contribution is -0.111. The summed E-state index contributed by atoms with van der Waals surface area (Å²) in [5, 5.41) is 0. The first-order chi connectivity index (χ1) is 7.78. The fourth-order valence-electron chi connectivity index (χ4n) is 1.58. The summed E-state index contributed by atoms with van der Waals surface area (Å²) in [5.74, 6) is -0.0203. The van der Waals surface area contributed by atoms with Gasteiger partial charge in [-0.05, 0) is 12.8 Å². The highest BCUT2D eigenvalue weighted by Gasteiger charge is 2.05. The van der Waals surface area contributed by atoms with E-state index in [0.29, 0.717) is 0 Å². The molecule has 0 aromatic carbocycles. The number of allylic oxidation sites excluding steroid dienone is 2. The molecule has 2 atom stereocenters. The van der Waals surface area contributed by atoms with E-state index in [0.717, 1.165) is 51.1 Å². The Morgan fingerprint density at radius 1 is 0.812 bits per heavy atom. The first-order valence-electron chi connectivity index (χ1n) is 6.37. The lowest BCUT2D eigenvalue weighted by atomic mass is 9.98. The predicted molar refractivity (Wildman–Crippen MR) is 67.3 cm³/mol. The molecule has 0 aliphatic rings. The zero-order valence-electron chi connectivity index (χ0n) is 10.5. The second-order valence-electron chi connectivity index (χ2n) is 4.27.